The topological polar surface area (TPSA) is 107 Å². The number of sulfonamides is 1. The van der Waals surface area contributed by atoms with Crippen molar-refractivity contribution < 1.29 is 26.4 Å². The molecule has 0 aliphatic heterocycles. The molecule has 0 radical (unpaired) electrons. The number of aryl methyl sites for hydroxylation is 2. The van der Waals surface area contributed by atoms with E-state index in [1.54, 1.807) is 42.5 Å². The molecule has 3 rings (SSSR count). The summed E-state index contributed by atoms with van der Waals surface area (Å²) in [5.41, 5.74) is 2.98. The van der Waals surface area contributed by atoms with Gasteiger partial charge in [0, 0.05) is 22.1 Å². The summed E-state index contributed by atoms with van der Waals surface area (Å²) in [6, 6.07) is 18.2. The molecule has 0 aliphatic carbocycles. The van der Waals surface area contributed by atoms with Gasteiger partial charge in [0.2, 0.25) is 0 Å². The second-order valence-corrected chi connectivity index (χ2v) is 13.6. The summed E-state index contributed by atoms with van der Waals surface area (Å²) in [5.74, 6) is 5.35. The van der Waals surface area contributed by atoms with Crippen LogP contribution in [0.3, 0.4) is 0 Å². The number of carbonyl (C=O) groups excluding carboxylic acids is 1. The normalized spacial score (nSPS) is 11.0. The number of benzene rings is 3. The zero-order valence-electron chi connectivity index (χ0n) is 23.1. The average Bonchev–Trinajstić information content (AvgIpc) is 2.93. The molecular weight excluding hydrogens is 605 g/mol. The second kappa shape index (κ2) is 16.4. The molecule has 7 nitrogen and oxygen atoms in total. The van der Waals surface area contributed by atoms with Gasteiger partial charge in [-0.05, 0) is 66.4 Å². The lowest BCUT2D eigenvalue weighted by molar-refractivity contribution is -0.140. The molecule has 0 aromatic heterocycles. The van der Waals surface area contributed by atoms with Crippen molar-refractivity contribution in [3.63, 3.8) is 0 Å². The summed E-state index contributed by atoms with van der Waals surface area (Å²) in [5, 5.41) is 0.434. The molecule has 0 atom stereocenters. The van der Waals surface area contributed by atoms with Crippen LogP contribution in [0.25, 0.3) is 0 Å². The van der Waals surface area contributed by atoms with Gasteiger partial charge in [-0.2, -0.15) is 0 Å². The number of ether oxygens (including phenoxy) is 1. The Bertz CT molecular complexity index is 1580. The minimum Gasteiger partial charge on any atom is -0.469 e. The molecule has 0 saturated carbocycles. The van der Waals surface area contributed by atoms with E-state index in [0.29, 0.717) is 22.7 Å². The van der Waals surface area contributed by atoms with Gasteiger partial charge in [-0.3, -0.25) is 9.52 Å². The van der Waals surface area contributed by atoms with Crippen LogP contribution in [0.4, 0.5) is 5.69 Å². The van der Waals surface area contributed by atoms with Crippen LogP contribution in [-0.2, 0) is 41.4 Å². The zero-order valence-corrected chi connectivity index (χ0v) is 26.3. The van der Waals surface area contributed by atoms with Crippen molar-refractivity contribution in [2.45, 2.75) is 62.2 Å². The lowest BCUT2D eigenvalue weighted by atomic mass is 10.1. The van der Waals surface area contributed by atoms with Crippen molar-refractivity contribution in [3.05, 3.63) is 88.4 Å². The number of hydrogen-bond donors (Lipinski definition) is 1. The Morgan fingerprint density at radius 2 is 1.39 bits per heavy atom. The van der Waals surface area contributed by atoms with Gasteiger partial charge in [-0.25, -0.2) is 16.8 Å². The Labute approximate surface area is 252 Å². The van der Waals surface area contributed by atoms with E-state index < -0.39 is 19.1 Å². The van der Waals surface area contributed by atoms with Crippen molar-refractivity contribution in [1.82, 2.24) is 0 Å². The monoisotopic (exact) mass is 637 g/mol. The quantitative estimate of drug-likeness (QED) is 0.146. The van der Waals surface area contributed by atoms with Gasteiger partial charge in [-0.1, -0.05) is 74.4 Å². The molecule has 0 bridgehead atoms. The highest BCUT2D eigenvalue weighted by Crippen LogP contribution is 2.24. The highest BCUT2D eigenvalue weighted by Gasteiger charge is 2.16. The number of anilines is 1. The third-order valence-electron chi connectivity index (χ3n) is 5.65. The molecule has 0 fully saturated rings. The molecular formula is C30H33Cl2NO6S2. The molecule has 0 spiro atoms. The molecule has 1 N–H and O–H groups in total. The maximum absolute atomic E-state index is 12.7. The number of methoxy groups -OCH3 is 1. The van der Waals surface area contributed by atoms with Crippen molar-refractivity contribution in [2.24, 2.45) is 0 Å². The summed E-state index contributed by atoms with van der Waals surface area (Å²) < 4.78 is 54.3. The Balaban J connectivity index is 0.000000377. The number of esters is 1. The first-order valence-electron chi connectivity index (χ1n) is 12.9. The molecule has 41 heavy (non-hydrogen) atoms. The summed E-state index contributed by atoms with van der Waals surface area (Å²) in [6.07, 6.45) is 4.36. The third-order valence-corrected chi connectivity index (χ3v) is 8.63. The number of rotatable bonds is 10. The molecule has 3 aromatic carbocycles. The van der Waals surface area contributed by atoms with E-state index in [-0.39, 0.29) is 22.2 Å². The average molecular weight is 639 g/mol. The van der Waals surface area contributed by atoms with Crippen molar-refractivity contribution in [3.8, 4) is 11.8 Å². The van der Waals surface area contributed by atoms with E-state index in [1.807, 2.05) is 12.1 Å². The van der Waals surface area contributed by atoms with Gasteiger partial charge in [0.25, 0.3) is 19.1 Å². The Hall–Kier alpha value is -3.03. The minimum absolute atomic E-state index is 0.161. The van der Waals surface area contributed by atoms with Crippen LogP contribution < -0.4 is 4.72 Å². The maximum Gasteiger partial charge on any atom is 0.306 e. The summed E-state index contributed by atoms with van der Waals surface area (Å²) in [7, 11) is -0.852. The molecule has 0 unspecified atom stereocenters. The van der Waals surface area contributed by atoms with Crippen molar-refractivity contribution >= 4 is 53.0 Å². The molecule has 0 amide bonds. The maximum atomic E-state index is 12.7. The van der Waals surface area contributed by atoms with Gasteiger partial charge < -0.3 is 4.74 Å². The first-order chi connectivity index (χ1) is 19.4. The Kier molecular flexibility index (Phi) is 13.7. The van der Waals surface area contributed by atoms with Crippen LogP contribution in [0.15, 0.2) is 76.5 Å². The van der Waals surface area contributed by atoms with Gasteiger partial charge in [0.05, 0.1) is 34.6 Å². The smallest absolute Gasteiger partial charge is 0.306 e. The van der Waals surface area contributed by atoms with E-state index in [4.69, 9.17) is 22.3 Å². The lowest BCUT2D eigenvalue weighted by Crippen LogP contribution is -2.14. The molecule has 0 aliphatic rings. The number of hydrogen-bond acceptors (Lipinski definition) is 6. The lowest BCUT2D eigenvalue weighted by Gasteiger charge is -2.11. The SMILES string of the molecule is CCCc1ccc(S(=O)(=O)Cl)cc1.CCCc1ccc(S(=O)(=O)Nc2ccc(Cl)cc2C#CCCC(=O)OC)cc1. The first kappa shape index (κ1) is 34.2. The van der Waals surface area contributed by atoms with Crippen molar-refractivity contribution in [1.29, 1.82) is 0 Å². The van der Waals surface area contributed by atoms with Crippen LogP contribution in [0.2, 0.25) is 5.02 Å². The summed E-state index contributed by atoms with van der Waals surface area (Å²) >= 11 is 6.02. The highest BCUT2D eigenvalue weighted by atomic mass is 35.7. The molecule has 11 heteroatoms. The van der Waals surface area contributed by atoms with Crippen LogP contribution in [0, 0.1) is 11.8 Å². The summed E-state index contributed by atoms with van der Waals surface area (Å²) in [4.78, 5) is 11.5. The third kappa shape index (κ3) is 11.8. The van der Waals surface area contributed by atoms with Gasteiger partial charge >= 0.3 is 5.97 Å². The minimum atomic E-state index is -3.76. The van der Waals surface area contributed by atoms with Crippen LogP contribution in [-0.4, -0.2) is 29.9 Å². The fourth-order valence-corrected chi connectivity index (χ4v) is 5.59. The molecule has 0 saturated heterocycles. The largest absolute Gasteiger partial charge is 0.469 e. The van der Waals surface area contributed by atoms with E-state index in [1.165, 1.54) is 19.2 Å². The van der Waals surface area contributed by atoms with Crippen LogP contribution >= 0.6 is 22.3 Å². The van der Waals surface area contributed by atoms with E-state index in [0.717, 1.165) is 36.8 Å². The molecule has 3 aromatic rings. The van der Waals surface area contributed by atoms with E-state index in [9.17, 15) is 21.6 Å². The van der Waals surface area contributed by atoms with Gasteiger partial charge in [0.15, 0.2) is 0 Å². The standard InChI is InChI=1S/C21H22ClNO4S.C9H11ClO2S/c1-3-6-16-9-12-19(13-10-16)28(25,26)23-20-14-11-18(22)15-17(20)7-4-5-8-21(24)27-2;1-2-3-8-4-6-9(7-5-8)13(10,11)12/h9-15,23H,3,5-6,8H2,1-2H3;4-7H,2-3H2,1H3. The summed E-state index contributed by atoms with van der Waals surface area (Å²) in [6.45, 7) is 4.15. The van der Waals surface area contributed by atoms with Crippen molar-refractivity contribution in [2.75, 3.05) is 11.8 Å². The van der Waals surface area contributed by atoms with Crippen LogP contribution in [0.1, 0.15) is 56.2 Å². The second-order valence-electron chi connectivity index (χ2n) is 8.90. The number of nitrogens with one attached hydrogen (secondary N) is 1. The number of halogens is 2. The predicted molar refractivity (Wildman–Crippen MR) is 164 cm³/mol. The predicted octanol–water partition coefficient (Wildman–Crippen LogP) is 6.96. The molecule has 220 valence electrons. The first-order valence-corrected chi connectivity index (χ1v) is 17.1. The van der Waals surface area contributed by atoms with Crippen LogP contribution in [0.5, 0.6) is 0 Å². The highest BCUT2D eigenvalue weighted by molar-refractivity contribution is 8.13. The van der Waals surface area contributed by atoms with Gasteiger partial charge in [0.1, 0.15) is 0 Å². The number of carbonyl (C=O) groups is 1. The van der Waals surface area contributed by atoms with Gasteiger partial charge in [-0.15, -0.1) is 0 Å². The Morgan fingerprint density at radius 3 is 1.88 bits per heavy atom. The fraction of sp³-hybridized carbons (Fsp3) is 0.300. The van der Waals surface area contributed by atoms with E-state index >= 15 is 0 Å². The Morgan fingerprint density at radius 1 is 0.854 bits per heavy atom. The fourth-order valence-electron chi connectivity index (χ4n) is 3.57. The molecule has 0 heterocycles. The zero-order chi connectivity index (χ0) is 30.5. The van der Waals surface area contributed by atoms with E-state index in [2.05, 4.69) is 35.1 Å².